The highest BCUT2D eigenvalue weighted by molar-refractivity contribution is 6.40. The van der Waals surface area contributed by atoms with Crippen LogP contribution in [0.2, 0.25) is 15.1 Å². The van der Waals surface area contributed by atoms with Crippen molar-refractivity contribution in [3.05, 3.63) is 50.9 Å². The van der Waals surface area contributed by atoms with Gasteiger partial charge >= 0.3 is 0 Å². The van der Waals surface area contributed by atoms with Gasteiger partial charge in [0.25, 0.3) is 5.91 Å². The minimum absolute atomic E-state index is 0.207. The van der Waals surface area contributed by atoms with Gasteiger partial charge in [-0.15, -0.1) is 0 Å². The fourth-order valence-corrected chi connectivity index (χ4v) is 3.51. The average molecular weight is 440 g/mol. The summed E-state index contributed by atoms with van der Waals surface area (Å²) in [5.41, 5.74) is 0.824. The number of aromatic nitrogens is 4. The van der Waals surface area contributed by atoms with Gasteiger partial charge in [-0.1, -0.05) is 34.8 Å². The number of carbonyl (C=O) groups is 1. The summed E-state index contributed by atoms with van der Waals surface area (Å²) >= 11 is 18.2. The Hall–Kier alpha value is -2.73. The van der Waals surface area contributed by atoms with Crippen LogP contribution < -0.4 is 5.32 Å². The van der Waals surface area contributed by atoms with E-state index in [1.807, 2.05) is 6.07 Å². The topological polar surface area (TPSA) is 109 Å². The molecule has 0 aliphatic carbocycles. The molecular formula is C17H13Cl3N6O2. The summed E-state index contributed by atoms with van der Waals surface area (Å²) in [4.78, 5) is 12.5. The normalized spacial score (nSPS) is 10.7. The summed E-state index contributed by atoms with van der Waals surface area (Å²) in [6.07, 6.45) is 1.51. The van der Waals surface area contributed by atoms with Gasteiger partial charge in [-0.2, -0.15) is 15.5 Å². The first kappa shape index (κ1) is 20.0. The number of hydrogen-bond acceptors (Lipinski definition) is 5. The van der Waals surface area contributed by atoms with E-state index in [2.05, 4.69) is 15.5 Å². The number of rotatable bonds is 5. The molecule has 0 atom stereocenters. The minimum Gasteiger partial charge on any atom is -0.504 e. The summed E-state index contributed by atoms with van der Waals surface area (Å²) in [5, 5.41) is 30.4. The zero-order valence-electron chi connectivity index (χ0n) is 14.4. The number of nitrogens with zero attached hydrogens (tertiary/aromatic N) is 5. The molecule has 0 aliphatic rings. The number of benzene rings is 1. The van der Waals surface area contributed by atoms with E-state index in [1.165, 1.54) is 23.0 Å². The van der Waals surface area contributed by atoms with Crippen molar-refractivity contribution < 1.29 is 9.90 Å². The number of aromatic hydroxyl groups is 1. The molecule has 2 aromatic heterocycles. The Morgan fingerprint density at radius 1 is 1.25 bits per heavy atom. The smallest absolute Gasteiger partial charge is 0.281 e. The standard InChI is InChI=1S/C17H13Cl3N6O2/c1-9-5-14(23-25(9)4-2-3-21)22-17(28)15-13(27)8-26(24-15)16-11(19)6-10(18)7-12(16)20/h5-8,27H,2,4H2,1H3,(H,22,23,28). The van der Waals surface area contributed by atoms with Crippen LogP contribution in [0.1, 0.15) is 22.6 Å². The van der Waals surface area contributed by atoms with Crippen molar-refractivity contribution in [2.45, 2.75) is 19.9 Å². The highest BCUT2D eigenvalue weighted by Gasteiger charge is 2.21. The number of amides is 1. The molecule has 1 amide bonds. The molecule has 3 rings (SSSR count). The molecule has 3 aromatic rings. The molecule has 0 unspecified atom stereocenters. The van der Waals surface area contributed by atoms with Crippen LogP contribution in [-0.4, -0.2) is 30.6 Å². The van der Waals surface area contributed by atoms with Gasteiger partial charge in [0.2, 0.25) is 0 Å². The Labute approximate surface area is 174 Å². The maximum absolute atomic E-state index is 12.5. The van der Waals surface area contributed by atoms with Gasteiger partial charge in [0.1, 0.15) is 5.69 Å². The van der Waals surface area contributed by atoms with Gasteiger partial charge in [-0.3, -0.25) is 9.48 Å². The summed E-state index contributed by atoms with van der Waals surface area (Å²) in [7, 11) is 0. The molecule has 28 heavy (non-hydrogen) atoms. The summed E-state index contributed by atoms with van der Waals surface area (Å²) in [5.74, 6) is -0.750. The van der Waals surface area contributed by atoms with E-state index in [0.29, 0.717) is 18.0 Å². The zero-order chi connectivity index (χ0) is 20.4. The van der Waals surface area contributed by atoms with Crippen molar-refractivity contribution in [1.82, 2.24) is 19.6 Å². The molecule has 8 nitrogen and oxygen atoms in total. The number of aryl methyl sites for hydroxylation is 2. The van der Waals surface area contributed by atoms with Crippen LogP contribution in [0.4, 0.5) is 5.82 Å². The third-order valence-electron chi connectivity index (χ3n) is 3.78. The number of hydrogen-bond donors (Lipinski definition) is 2. The fourth-order valence-electron chi connectivity index (χ4n) is 2.52. The Kier molecular flexibility index (Phi) is 5.79. The van der Waals surface area contributed by atoms with Gasteiger partial charge in [0, 0.05) is 16.8 Å². The van der Waals surface area contributed by atoms with Crippen LogP contribution in [0, 0.1) is 18.3 Å². The molecule has 0 fully saturated rings. The molecule has 0 radical (unpaired) electrons. The minimum atomic E-state index is -0.664. The maximum atomic E-state index is 12.5. The zero-order valence-corrected chi connectivity index (χ0v) is 16.7. The number of nitrogens with one attached hydrogen (secondary N) is 1. The van der Waals surface area contributed by atoms with Crippen LogP contribution in [0.3, 0.4) is 0 Å². The summed E-state index contributed by atoms with van der Waals surface area (Å²) in [6.45, 7) is 2.21. The number of carbonyl (C=O) groups excluding carboxylic acids is 1. The Morgan fingerprint density at radius 2 is 1.93 bits per heavy atom. The van der Waals surface area contributed by atoms with Crippen molar-refractivity contribution in [1.29, 1.82) is 5.26 Å². The van der Waals surface area contributed by atoms with Crippen LogP contribution in [0.5, 0.6) is 5.75 Å². The number of nitriles is 1. The second-order valence-corrected chi connectivity index (χ2v) is 7.03. The second kappa shape index (κ2) is 8.10. The average Bonchev–Trinajstić information content (AvgIpc) is 3.14. The predicted octanol–water partition coefficient (Wildman–Crippen LogP) is 4.21. The van der Waals surface area contributed by atoms with Gasteiger partial charge in [-0.25, -0.2) is 4.68 Å². The highest BCUT2D eigenvalue weighted by Crippen LogP contribution is 2.33. The Bertz CT molecular complexity index is 1080. The first-order chi connectivity index (χ1) is 13.3. The number of anilines is 1. The lowest BCUT2D eigenvalue weighted by molar-refractivity contribution is 0.101. The summed E-state index contributed by atoms with van der Waals surface area (Å²) < 4.78 is 2.80. The molecule has 144 valence electrons. The quantitative estimate of drug-likeness (QED) is 0.619. The molecule has 2 N–H and O–H groups in total. The molecule has 11 heteroatoms. The highest BCUT2D eigenvalue weighted by atomic mass is 35.5. The molecule has 2 heterocycles. The monoisotopic (exact) mass is 438 g/mol. The lowest BCUT2D eigenvalue weighted by Crippen LogP contribution is -2.14. The van der Waals surface area contributed by atoms with Gasteiger partial charge < -0.3 is 10.4 Å². The molecule has 0 saturated heterocycles. The van der Waals surface area contributed by atoms with Crippen LogP contribution >= 0.6 is 34.8 Å². The molecule has 1 aromatic carbocycles. The van der Waals surface area contributed by atoms with E-state index in [4.69, 9.17) is 40.1 Å². The van der Waals surface area contributed by atoms with Crippen molar-refractivity contribution in [3.8, 4) is 17.5 Å². The third-order valence-corrected chi connectivity index (χ3v) is 4.57. The van der Waals surface area contributed by atoms with E-state index in [1.54, 1.807) is 17.7 Å². The van der Waals surface area contributed by atoms with E-state index in [0.717, 1.165) is 5.69 Å². The van der Waals surface area contributed by atoms with Crippen LogP contribution in [0.15, 0.2) is 24.4 Å². The fraction of sp³-hybridized carbons (Fsp3) is 0.176. The molecule has 0 aliphatic heterocycles. The van der Waals surface area contributed by atoms with Crippen molar-refractivity contribution in [3.63, 3.8) is 0 Å². The number of halogens is 3. The van der Waals surface area contributed by atoms with E-state index in [-0.39, 0.29) is 33.0 Å². The van der Waals surface area contributed by atoms with Crippen molar-refractivity contribution >= 4 is 46.5 Å². The van der Waals surface area contributed by atoms with Crippen molar-refractivity contribution in [2.24, 2.45) is 0 Å². The third kappa shape index (κ3) is 4.07. The SMILES string of the molecule is Cc1cc(NC(=O)c2nn(-c3c(Cl)cc(Cl)cc3Cl)cc2O)nn1CCC#N. The Morgan fingerprint density at radius 3 is 2.57 bits per heavy atom. The van der Waals surface area contributed by atoms with Crippen LogP contribution in [0.25, 0.3) is 5.69 Å². The maximum Gasteiger partial charge on any atom is 0.281 e. The van der Waals surface area contributed by atoms with E-state index >= 15 is 0 Å². The largest absolute Gasteiger partial charge is 0.504 e. The summed E-state index contributed by atoms with van der Waals surface area (Å²) in [6, 6.07) is 6.63. The molecule has 0 bridgehead atoms. The van der Waals surface area contributed by atoms with Gasteiger partial charge in [0.15, 0.2) is 17.3 Å². The predicted molar refractivity (Wildman–Crippen MR) is 105 cm³/mol. The van der Waals surface area contributed by atoms with Crippen molar-refractivity contribution in [2.75, 3.05) is 5.32 Å². The first-order valence-electron chi connectivity index (χ1n) is 7.96. The van der Waals surface area contributed by atoms with Gasteiger partial charge in [0.05, 0.1) is 35.3 Å². The van der Waals surface area contributed by atoms with Crippen LogP contribution in [-0.2, 0) is 6.54 Å². The molecule has 0 saturated carbocycles. The van der Waals surface area contributed by atoms with Gasteiger partial charge in [-0.05, 0) is 19.1 Å². The Balaban J connectivity index is 1.86. The van der Waals surface area contributed by atoms with E-state index < -0.39 is 5.91 Å². The molecular weight excluding hydrogens is 427 g/mol. The van der Waals surface area contributed by atoms with E-state index in [9.17, 15) is 9.90 Å². The lowest BCUT2D eigenvalue weighted by Gasteiger charge is -2.07. The first-order valence-corrected chi connectivity index (χ1v) is 9.10. The molecule has 0 spiro atoms. The lowest BCUT2D eigenvalue weighted by atomic mass is 10.3. The second-order valence-electron chi connectivity index (χ2n) is 5.78.